The second kappa shape index (κ2) is 8.26. The molecule has 0 bridgehead atoms. The van der Waals surface area contributed by atoms with E-state index in [2.05, 4.69) is 20.2 Å². The number of hydrogen-bond donors (Lipinski definition) is 1. The Labute approximate surface area is 180 Å². The van der Waals surface area contributed by atoms with Crippen LogP contribution >= 0.6 is 0 Å². The fourth-order valence-corrected chi connectivity index (χ4v) is 4.06. The van der Waals surface area contributed by atoms with Crippen molar-refractivity contribution in [2.24, 2.45) is 0 Å². The maximum Gasteiger partial charge on any atom is 0.293 e. The molecular weight excluding hydrogens is 392 g/mol. The van der Waals surface area contributed by atoms with Crippen LogP contribution in [0.1, 0.15) is 36.3 Å². The summed E-state index contributed by atoms with van der Waals surface area (Å²) in [5.41, 5.74) is 2.68. The molecule has 2 aromatic heterocycles. The fourth-order valence-electron chi connectivity index (χ4n) is 4.06. The van der Waals surface area contributed by atoms with Gasteiger partial charge >= 0.3 is 0 Å². The average Bonchev–Trinajstić information content (AvgIpc) is 2.97. The topological polar surface area (TPSA) is 80.5 Å². The third kappa shape index (κ3) is 3.79. The van der Waals surface area contributed by atoms with E-state index >= 15 is 0 Å². The largest absolute Gasteiger partial charge is 0.497 e. The zero-order chi connectivity index (χ0) is 21.2. The van der Waals surface area contributed by atoms with Crippen LogP contribution in [-0.4, -0.2) is 36.1 Å². The van der Waals surface area contributed by atoms with E-state index in [-0.39, 0.29) is 11.7 Å². The number of methoxy groups -OCH3 is 1. The summed E-state index contributed by atoms with van der Waals surface area (Å²) in [6.07, 6.45) is 4.59. The van der Waals surface area contributed by atoms with Crippen LogP contribution in [0.25, 0.3) is 22.1 Å². The molecule has 1 amide bonds. The van der Waals surface area contributed by atoms with Crippen molar-refractivity contribution in [1.82, 2.24) is 9.97 Å². The molecule has 7 heteroatoms. The summed E-state index contributed by atoms with van der Waals surface area (Å²) < 4.78 is 11.4. The minimum atomic E-state index is -0.364. The van der Waals surface area contributed by atoms with Crippen LogP contribution in [0.2, 0.25) is 0 Å². The van der Waals surface area contributed by atoms with Crippen LogP contribution in [0.15, 0.2) is 52.9 Å². The third-order valence-corrected chi connectivity index (χ3v) is 5.64. The number of ether oxygens (including phenoxy) is 1. The second-order valence-corrected chi connectivity index (χ2v) is 7.73. The maximum absolute atomic E-state index is 13.1. The maximum atomic E-state index is 13.1. The molecule has 5 rings (SSSR count). The van der Waals surface area contributed by atoms with E-state index in [0.29, 0.717) is 28.4 Å². The summed E-state index contributed by atoms with van der Waals surface area (Å²) >= 11 is 0. The summed E-state index contributed by atoms with van der Waals surface area (Å²) in [7, 11) is 1.59. The van der Waals surface area contributed by atoms with Gasteiger partial charge < -0.3 is 19.4 Å². The third-order valence-electron chi connectivity index (χ3n) is 5.64. The molecule has 0 spiro atoms. The first-order valence-electron chi connectivity index (χ1n) is 10.6. The van der Waals surface area contributed by atoms with E-state index in [4.69, 9.17) is 9.15 Å². The minimum Gasteiger partial charge on any atom is -0.497 e. The predicted molar refractivity (Wildman–Crippen MR) is 121 cm³/mol. The number of para-hydroxylation sites is 1. The summed E-state index contributed by atoms with van der Waals surface area (Å²) in [6.45, 7) is 1.78. The number of anilines is 2. The van der Waals surface area contributed by atoms with Crippen LogP contribution in [0.5, 0.6) is 5.75 Å². The molecule has 1 aliphatic heterocycles. The molecule has 0 unspecified atom stereocenters. The van der Waals surface area contributed by atoms with E-state index in [1.807, 2.05) is 42.5 Å². The summed E-state index contributed by atoms with van der Waals surface area (Å²) in [5, 5.41) is 3.77. The molecule has 0 atom stereocenters. The Balaban J connectivity index is 1.60. The second-order valence-electron chi connectivity index (χ2n) is 7.73. The van der Waals surface area contributed by atoms with E-state index in [1.54, 1.807) is 13.2 Å². The van der Waals surface area contributed by atoms with Gasteiger partial charge in [-0.3, -0.25) is 4.79 Å². The first-order chi connectivity index (χ1) is 15.2. The number of aromatic nitrogens is 2. The normalized spacial score (nSPS) is 14.5. The molecule has 4 aromatic rings. The zero-order valence-corrected chi connectivity index (χ0v) is 17.4. The molecule has 1 N–H and O–H groups in total. The van der Waals surface area contributed by atoms with E-state index < -0.39 is 0 Å². The molecule has 0 saturated carbocycles. The predicted octanol–water partition coefficient (Wildman–Crippen LogP) is 5.02. The summed E-state index contributed by atoms with van der Waals surface area (Å²) in [5.74, 6) is 1.12. The van der Waals surface area contributed by atoms with Crippen molar-refractivity contribution in [3.8, 4) is 5.75 Å². The van der Waals surface area contributed by atoms with Crippen molar-refractivity contribution < 1.29 is 13.9 Å². The van der Waals surface area contributed by atoms with Crippen LogP contribution in [0.4, 0.5) is 11.5 Å². The molecule has 1 saturated heterocycles. The van der Waals surface area contributed by atoms with Gasteiger partial charge in [0.05, 0.1) is 7.11 Å². The first kappa shape index (κ1) is 19.4. The lowest BCUT2D eigenvalue weighted by molar-refractivity contribution is 0.101. The van der Waals surface area contributed by atoms with Crippen molar-refractivity contribution in [3.05, 3.63) is 54.4 Å². The number of furan rings is 1. The number of hydrogen-bond acceptors (Lipinski definition) is 6. The molecule has 7 nitrogen and oxygen atoms in total. The van der Waals surface area contributed by atoms with Crippen molar-refractivity contribution in [3.63, 3.8) is 0 Å². The van der Waals surface area contributed by atoms with Gasteiger partial charge in [0.2, 0.25) is 5.82 Å². The smallest absolute Gasteiger partial charge is 0.293 e. The Hall–Kier alpha value is -3.61. The number of rotatable bonds is 4. The number of carbonyl (C=O) groups excluding carboxylic acids is 1. The van der Waals surface area contributed by atoms with Gasteiger partial charge in [0, 0.05) is 30.2 Å². The fraction of sp³-hybridized carbons (Fsp3) is 0.292. The molecule has 1 fully saturated rings. The Kier molecular flexibility index (Phi) is 5.16. The molecule has 158 valence electrons. The van der Waals surface area contributed by atoms with Gasteiger partial charge in [0.25, 0.3) is 5.91 Å². The molecular formula is C24H24N4O3. The summed E-state index contributed by atoms with van der Waals surface area (Å²) in [4.78, 5) is 24.6. The highest BCUT2D eigenvalue weighted by molar-refractivity contribution is 6.09. The van der Waals surface area contributed by atoms with Crippen LogP contribution in [0, 0.1) is 0 Å². The zero-order valence-electron chi connectivity index (χ0n) is 17.4. The lowest BCUT2D eigenvalue weighted by Gasteiger charge is -2.21. The van der Waals surface area contributed by atoms with Gasteiger partial charge in [-0.05, 0) is 37.1 Å². The average molecular weight is 416 g/mol. The SMILES string of the molecule is COc1cccc(NC(=O)c2nc(N3CCCCCC3)c3oc4ccccc4c3n2)c1. The van der Waals surface area contributed by atoms with Crippen molar-refractivity contribution in [2.75, 3.05) is 30.4 Å². The monoisotopic (exact) mass is 416 g/mol. The van der Waals surface area contributed by atoms with Crippen LogP contribution in [-0.2, 0) is 0 Å². The number of benzene rings is 2. The van der Waals surface area contributed by atoms with Gasteiger partial charge in [-0.1, -0.05) is 31.0 Å². The number of nitrogens with one attached hydrogen (secondary N) is 1. The summed E-state index contributed by atoms with van der Waals surface area (Å²) in [6, 6.07) is 15.0. The van der Waals surface area contributed by atoms with E-state index in [9.17, 15) is 4.79 Å². The Morgan fingerprint density at radius 1 is 1.03 bits per heavy atom. The highest BCUT2D eigenvalue weighted by atomic mass is 16.5. The standard InChI is InChI=1S/C24H24N4O3/c1-30-17-10-8-9-16(15-17)25-24(29)22-26-20-18-11-4-5-12-19(18)31-21(20)23(27-22)28-13-6-2-3-7-14-28/h4-5,8-12,15H,2-3,6-7,13-14H2,1H3,(H,25,29). The van der Waals surface area contributed by atoms with Gasteiger partial charge in [0.15, 0.2) is 11.4 Å². The lowest BCUT2D eigenvalue weighted by atomic mass is 10.2. The van der Waals surface area contributed by atoms with Gasteiger partial charge in [-0.25, -0.2) is 9.97 Å². The highest BCUT2D eigenvalue weighted by Crippen LogP contribution is 2.34. The molecule has 2 aromatic carbocycles. The van der Waals surface area contributed by atoms with Gasteiger partial charge in [0.1, 0.15) is 16.8 Å². The molecule has 1 aliphatic rings. The Morgan fingerprint density at radius 2 is 1.84 bits per heavy atom. The number of amides is 1. The van der Waals surface area contributed by atoms with Crippen LogP contribution in [0.3, 0.4) is 0 Å². The van der Waals surface area contributed by atoms with E-state index in [0.717, 1.165) is 36.9 Å². The number of carbonyl (C=O) groups is 1. The number of fused-ring (bicyclic) bond motifs is 3. The Bertz CT molecular complexity index is 1240. The number of nitrogens with zero attached hydrogens (tertiary/aromatic N) is 3. The minimum absolute atomic E-state index is 0.126. The molecule has 3 heterocycles. The van der Waals surface area contributed by atoms with Crippen molar-refractivity contribution >= 4 is 39.5 Å². The van der Waals surface area contributed by atoms with Crippen molar-refractivity contribution in [1.29, 1.82) is 0 Å². The highest BCUT2D eigenvalue weighted by Gasteiger charge is 2.23. The van der Waals surface area contributed by atoms with E-state index in [1.165, 1.54) is 12.8 Å². The first-order valence-corrected chi connectivity index (χ1v) is 10.6. The van der Waals surface area contributed by atoms with Crippen molar-refractivity contribution in [2.45, 2.75) is 25.7 Å². The Morgan fingerprint density at radius 3 is 2.65 bits per heavy atom. The lowest BCUT2D eigenvalue weighted by Crippen LogP contribution is -2.26. The van der Waals surface area contributed by atoms with Gasteiger partial charge in [-0.2, -0.15) is 0 Å². The quantitative estimate of drug-likeness (QED) is 0.503. The molecule has 0 radical (unpaired) electrons. The molecule has 0 aliphatic carbocycles. The van der Waals surface area contributed by atoms with Gasteiger partial charge in [-0.15, -0.1) is 0 Å². The van der Waals surface area contributed by atoms with Crippen LogP contribution < -0.4 is 15.0 Å². The molecule has 31 heavy (non-hydrogen) atoms.